The zero-order valence-corrected chi connectivity index (χ0v) is 26.9. The average molecular weight is 665 g/mol. The van der Waals surface area contributed by atoms with Crippen LogP contribution in [-0.2, 0) is 29.0 Å². The number of aliphatic hydroxyl groups is 1. The van der Waals surface area contributed by atoms with Gasteiger partial charge in [-0.15, -0.1) is 0 Å². The molecule has 4 aromatic rings. The highest BCUT2D eigenvalue weighted by atomic mass is 16.7. The van der Waals surface area contributed by atoms with Gasteiger partial charge in [-0.05, 0) is 76.3 Å². The van der Waals surface area contributed by atoms with Crippen molar-refractivity contribution >= 4 is 11.8 Å². The van der Waals surface area contributed by atoms with Gasteiger partial charge in [0.1, 0.15) is 11.5 Å². The molecule has 2 aliphatic heterocycles. The number of nitrogens with zero attached hydrogens (tertiary/aromatic N) is 4. The lowest BCUT2D eigenvalue weighted by Gasteiger charge is -2.31. The minimum Gasteiger partial charge on any atom is -0.497 e. The first kappa shape index (κ1) is 33.2. The second-order valence-electron chi connectivity index (χ2n) is 11.4. The summed E-state index contributed by atoms with van der Waals surface area (Å²) < 4.78 is 28.8. The van der Waals surface area contributed by atoms with E-state index in [2.05, 4.69) is 20.9 Å². The average Bonchev–Trinajstić information content (AvgIpc) is 3.77. The van der Waals surface area contributed by atoms with Crippen molar-refractivity contribution in [3.8, 4) is 23.0 Å². The van der Waals surface area contributed by atoms with E-state index in [1.165, 1.54) is 0 Å². The summed E-state index contributed by atoms with van der Waals surface area (Å²) in [6, 6.07) is 27.6. The van der Waals surface area contributed by atoms with Crippen molar-refractivity contribution in [1.82, 2.24) is 10.9 Å². The fourth-order valence-electron chi connectivity index (χ4n) is 5.75. The first-order valence-electron chi connectivity index (χ1n) is 15.8. The van der Waals surface area contributed by atoms with Crippen molar-refractivity contribution in [2.75, 3.05) is 27.1 Å². The Morgan fingerprint density at radius 2 is 1.84 bits per heavy atom. The Morgan fingerprint density at radius 1 is 1.02 bits per heavy atom. The SMILES string of the molecule is COc1cccc([C@@H]2OC(c3ccc(OCCCO)cc3)=N[C@]2(Cc2ccccc2CN=[N+]=[N-])C(=O)NNCc2ccc3c(c2)OCO3)c1. The molecule has 2 atom stereocenters. The van der Waals surface area contributed by atoms with Crippen molar-refractivity contribution in [3.05, 3.63) is 129 Å². The van der Waals surface area contributed by atoms with Crippen LogP contribution in [-0.4, -0.2) is 49.6 Å². The smallest absolute Gasteiger partial charge is 0.266 e. The number of carbonyl (C=O) groups excluding carboxylic acids is 1. The Bertz CT molecular complexity index is 1860. The van der Waals surface area contributed by atoms with Crippen LogP contribution >= 0.6 is 0 Å². The fourth-order valence-corrected chi connectivity index (χ4v) is 5.75. The number of carbonyl (C=O) groups is 1. The van der Waals surface area contributed by atoms with Crippen molar-refractivity contribution in [2.24, 2.45) is 10.1 Å². The third-order valence-corrected chi connectivity index (χ3v) is 8.24. The van der Waals surface area contributed by atoms with Crippen LogP contribution in [0.4, 0.5) is 0 Å². The summed E-state index contributed by atoms with van der Waals surface area (Å²) in [5.41, 5.74) is 17.2. The zero-order valence-electron chi connectivity index (χ0n) is 26.9. The molecule has 0 spiro atoms. The van der Waals surface area contributed by atoms with E-state index in [0.29, 0.717) is 53.7 Å². The van der Waals surface area contributed by atoms with E-state index in [4.69, 9.17) is 39.3 Å². The number of amides is 1. The van der Waals surface area contributed by atoms with Gasteiger partial charge >= 0.3 is 0 Å². The highest BCUT2D eigenvalue weighted by molar-refractivity contribution is 6.01. The summed E-state index contributed by atoms with van der Waals surface area (Å²) in [5, 5.41) is 12.9. The predicted molar refractivity (Wildman–Crippen MR) is 180 cm³/mol. The Morgan fingerprint density at radius 3 is 2.63 bits per heavy atom. The van der Waals surface area contributed by atoms with Crippen LogP contribution in [0, 0.1) is 0 Å². The molecule has 13 heteroatoms. The molecular formula is C36H36N6O7. The highest BCUT2D eigenvalue weighted by Gasteiger charge is 2.53. The predicted octanol–water partition coefficient (Wildman–Crippen LogP) is 5.32. The van der Waals surface area contributed by atoms with Crippen LogP contribution < -0.4 is 29.8 Å². The molecule has 13 nitrogen and oxygen atoms in total. The van der Waals surface area contributed by atoms with Gasteiger partial charge in [-0.2, -0.15) is 0 Å². The van der Waals surface area contributed by atoms with Gasteiger partial charge in [0, 0.05) is 36.5 Å². The molecule has 0 radical (unpaired) electrons. The van der Waals surface area contributed by atoms with Gasteiger partial charge in [0.25, 0.3) is 5.91 Å². The maximum atomic E-state index is 14.6. The summed E-state index contributed by atoms with van der Waals surface area (Å²) in [7, 11) is 1.58. The largest absolute Gasteiger partial charge is 0.497 e. The summed E-state index contributed by atoms with van der Waals surface area (Å²) >= 11 is 0. The molecule has 2 heterocycles. The highest BCUT2D eigenvalue weighted by Crippen LogP contribution is 2.43. The minimum atomic E-state index is -1.52. The van der Waals surface area contributed by atoms with E-state index < -0.39 is 17.6 Å². The lowest BCUT2D eigenvalue weighted by Crippen LogP contribution is -2.53. The number of benzene rings is 4. The van der Waals surface area contributed by atoms with Gasteiger partial charge in [0.15, 0.2) is 23.1 Å². The van der Waals surface area contributed by atoms with Crippen LogP contribution in [0.2, 0.25) is 0 Å². The molecule has 2 aliphatic rings. The van der Waals surface area contributed by atoms with Gasteiger partial charge in [0.05, 0.1) is 20.3 Å². The quantitative estimate of drug-likeness (QED) is 0.0505. The van der Waals surface area contributed by atoms with E-state index in [0.717, 1.165) is 16.7 Å². The number of hydrogen-bond donors (Lipinski definition) is 3. The molecule has 0 aliphatic carbocycles. The molecule has 49 heavy (non-hydrogen) atoms. The molecule has 6 rings (SSSR count). The molecule has 0 saturated heterocycles. The Balaban J connectivity index is 1.38. The Kier molecular flexibility index (Phi) is 10.4. The monoisotopic (exact) mass is 664 g/mol. The molecule has 3 N–H and O–H groups in total. The molecule has 0 unspecified atom stereocenters. The maximum absolute atomic E-state index is 14.6. The zero-order chi connectivity index (χ0) is 34.1. The first-order chi connectivity index (χ1) is 24.0. The van der Waals surface area contributed by atoms with Gasteiger partial charge in [-0.3, -0.25) is 10.2 Å². The maximum Gasteiger partial charge on any atom is 0.266 e. The number of rotatable bonds is 15. The topological polar surface area (TPSA) is 169 Å². The van der Waals surface area contributed by atoms with E-state index in [1.54, 1.807) is 19.2 Å². The number of fused-ring (bicyclic) bond motifs is 1. The third-order valence-electron chi connectivity index (χ3n) is 8.24. The van der Waals surface area contributed by atoms with Crippen LogP contribution in [0.25, 0.3) is 10.4 Å². The number of hydrazine groups is 1. The minimum absolute atomic E-state index is 0.0378. The fraction of sp³-hybridized carbons (Fsp3) is 0.278. The number of aliphatic imine (C=N–C) groups is 1. The van der Waals surface area contributed by atoms with Crippen LogP contribution in [0.1, 0.15) is 40.3 Å². The van der Waals surface area contributed by atoms with Gasteiger partial charge in [-0.25, -0.2) is 10.4 Å². The van der Waals surface area contributed by atoms with E-state index >= 15 is 0 Å². The first-order valence-corrected chi connectivity index (χ1v) is 15.8. The molecule has 0 aromatic heterocycles. The van der Waals surface area contributed by atoms with Gasteiger partial charge in [-0.1, -0.05) is 47.6 Å². The van der Waals surface area contributed by atoms with Gasteiger partial charge < -0.3 is 28.8 Å². The standard InChI is InChI=1S/C36H36N6O7/c1-45-30-9-4-8-26(19-30)33-36(20-27-6-2-3-7-28(27)22-39-42-37,35(44)41-38-21-24-10-15-31-32(18-24)48-23-47-31)40-34(49-33)25-11-13-29(14-12-25)46-17-5-16-43/h2-4,6-15,18-19,33,38,43H,5,16-17,20-23H2,1H3,(H,41,44)/t33-,36-/m0/s1. The number of hydrogen-bond acceptors (Lipinski definition) is 10. The van der Waals surface area contributed by atoms with Crippen molar-refractivity contribution < 1.29 is 33.6 Å². The number of ether oxygens (including phenoxy) is 5. The van der Waals surface area contributed by atoms with Crippen LogP contribution in [0.5, 0.6) is 23.0 Å². The number of nitrogens with one attached hydrogen (secondary N) is 2. The summed E-state index contributed by atoms with van der Waals surface area (Å²) in [5.74, 6) is 2.37. The summed E-state index contributed by atoms with van der Waals surface area (Å²) in [4.78, 5) is 22.7. The second-order valence-corrected chi connectivity index (χ2v) is 11.4. The Hall–Kier alpha value is -5.75. The van der Waals surface area contributed by atoms with Gasteiger partial charge in [0.2, 0.25) is 12.7 Å². The molecule has 0 fully saturated rings. The molecule has 1 amide bonds. The molecule has 0 bridgehead atoms. The van der Waals surface area contributed by atoms with Crippen molar-refractivity contribution in [1.29, 1.82) is 0 Å². The van der Waals surface area contributed by atoms with Crippen LogP contribution in [0.3, 0.4) is 0 Å². The summed E-state index contributed by atoms with van der Waals surface area (Å²) in [6.07, 6.45) is -0.241. The molecule has 252 valence electrons. The van der Waals surface area contributed by atoms with E-state index in [-0.39, 0.29) is 32.3 Å². The van der Waals surface area contributed by atoms with Crippen molar-refractivity contribution in [2.45, 2.75) is 37.6 Å². The van der Waals surface area contributed by atoms with E-state index in [1.807, 2.05) is 78.9 Å². The number of azide groups is 1. The lowest BCUT2D eigenvalue weighted by atomic mass is 9.81. The summed E-state index contributed by atoms with van der Waals surface area (Å²) in [6.45, 7) is 0.980. The lowest BCUT2D eigenvalue weighted by molar-refractivity contribution is -0.130. The molecular weight excluding hydrogens is 628 g/mol. The van der Waals surface area contributed by atoms with E-state index in [9.17, 15) is 4.79 Å². The number of aliphatic hydroxyl groups excluding tert-OH is 1. The third kappa shape index (κ3) is 7.54. The number of methoxy groups -OCH3 is 1. The normalized spacial score (nSPS) is 17.4. The molecule has 4 aromatic carbocycles. The molecule has 0 saturated carbocycles. The Labute approximate surface area is 283 Å². The van der Waals surface area contributed by atoms with Crippen LogP contribution in [0.15, 0.2) is 101 Å². The second kappa shape index (κ2) is 15.4. The van der Waals surface area contributed by atoms with Crippen molar-refractivity contribution in [3.63, 3.8) is 0 Å².